The van der Waals surface area contributed by atoms with Gasteiger partial charge in [-0.3, -0.25) is 15.1 Å². The van der Waals surface area contributed by atoms with Crippen molar-refractivity contribution in [2.24, 2.45) is 4.99 Å². The van der Waals surface area contributed by atoms with Crippen LogP contribution < -0.4 is 4.74 Å². The second-order valence-electron chi connectivity index (χ2n) is 4.69. The predicted molar refractivity (Wildman–Crippen MR) is 80.5 cm³/mol. The van der Waals surface area contributed by atoms with Crippen LogP contribution in [0.15, 0.2) is 47.5 Å². The van der Waals surface area contributed by atoms with Gasteiger partial charge >= 0.3 is 11.7 Å². The molecular formula is C15H8ClFN2O4. The standard InChI is InChI=1S/C15H8ClFN2O4/c16-9-4-1-3-8(7-9)12-13(18-12)15(20)23-14-10(17)5-2-6-11(14)19(21)22/h1-7,13H/t13-/m0/s1. The third-order valence-corrected chi connectivity index (χ3v) is 3.38. The van der Waals surface area contributed by atoms with Crippen LogP contribution in [0.1, 0.15) is 5.56 Å². The number of hydrogen-bond acceptors (Lipinski definition) is 5. The number of aliphatic imine (C=N–C) groups is 1. The Morgan fingerprint density at radius 3 is 2.74 bits per heavy atom. The first kappa shape index (κ1) is 15.1. The molecule has 1 atom stereocenters. The van der Waals surface area contributed by atoms with Gasteiger partial charge in [-0.2, -0.15) is 0 Å². The molecule has 0 radical (unpaired) electrons. The van der Waals surface area contributed by atoms with Crippen LogP contribution >= 0.6 is 11.6 Å². The largest absolute Gasteiger partial charge is 0.414 e. The number of esters is 1. The second-order valence-corrected chi connectivity index (χ2v) is 5.13. The number of carbonyl (C=O) groups is 1. The molecule has 116 valence electrons. The smallest absolute Gasteiger partial charge is 0.342 e. The van der Waals surface area contributed by atoms with E-state index in [1.165, 1.54) is 0 Å². The van der Waals surface area contributed by atoms with E-state index in [1.54, 1.807) is 24.3 Å². The molecule has 0 N–H and O–H groups in total. The van der Waals surface area contributed by atoms with Crippen molar-refractivity contribution in [3.63, 3.8) is 0 Å². The Morgan fingerprint density at radius 2 is 2.04 bits per heavy atom. The van der Waals surface area contributed by atoms with Gasteiger partial charge < -0.3 is 4.74 Å². The average Bonchev–Trinajstić information content (AvgIpc) is 3.29. The van der Waals surface area contributed by atoms with Crippen molar-refractivity contribution >= 4 is 29.0 Å². The summed E-state index contributed by atoms with van der Waals surface area (Å²) >= 11 is 5.85. The Labute approximate surface area is 134 Å². The zero-order valence-electron chi connectivity index (χ0n) is 11.4. The van der Waals surface area contributed by atoms with Gasteiger partial charge in [0, 0.05) is 11.1 Å². The van der Waals surface area contributed by atoms with Crippen molar-refractivity contribution in [3.8, 4) is 5.75 Å². The minimum Gasteiger partial charge on any atom is -0.414 e. The van der Waals surface area contributed by atoms with Crippen molar-refractivity contribution in [2.75, 3.05) is 0 Å². The molecule has 0 unspecified atom stereocenters. The molecule has 2 aromatic rings. The topological polar surface area (TPSA) is 81.8 Å². The second kappa shape index (κ2) is 5.77. The van der Waals surface area contributed by atoms with Gasteiger partial charge in [0.2, 0.25) is 5.75 Å². The average molecular weight is 335 g/mol. The predicted octanol–water partition coefficient (Wildman–Crippen LogP) is 3.16. The van der Waals surface area contributed by atoms with Crippen molar-refractivity contribution in [1.82, 2.24) is 0 Å². The highest BCUT2D eigenvalue weighted by atomic mass is 35.5. The van der Waals surface area contributed by atoms with Crippen molar-refractivity contribution in [3.05, 3.63) is 69.0 Å². The number of carbonyl (C=O) groups excluding carboxylic acids is 1. The minimum absolute atomic E-state index is 0.441. The van der Waals surface area contributed by atoms with E-state index >= 15 is 0 Å². The highest BCUT2D eigenvalue weighted by Crippen LogP contribution is 2.31. The summed E-state index contributed by atoms with van der Waals surface area (Å²) in [6.45, 7) is 0. The number of halogens is 2. The summed E-state index contributed by atoms with van der Waals surface area (Å²) < 4.78 is 18.5. The molecule has 0 amide bonds. The lowest BCUT2D eigenvalue weighted by atomic mass is 10.1. The molecule has 1 aliphatic rings. The molecule has 0 saturated carbocycles. The fourth-order valence-electron chi connectivity index (χ4n) is 2.05. The Bertz CT molecular complexity index is 853. The number of rotatable bonds is 4. The number of para-hydroxylation sites is 1. The zero-order valence-corrected chi connectivity index (χ0v) is 12.2. The van der Waals surface area contributed by atoms with E-state index in [0.717, 1.165) is 18.2 Å². The van der Waals surface area contributed by atoms with Gasteiger partial charge in [0.15, 0.2) is 11.9 Å². The molecular weight excluding hydrogens is 327 g/mol. The number of ether oxygens (including phenoxy) is 1. The highest BCUT2D eigenvalue weighted by molar-refractivity contribution is 6.32. The van der Waals surface area contributed by atoms with Crippen molar-refractivity contribution in [1.29, 1.82) is 0 Å². The lowest BCUT2D eigenvalue weighted by molar-refractivity contribution is -0.385. The van der Waals surface area contributed by atoms with Crippen LogP contribution in [-0.4, -0.2) is 22.6 Å². The summed E-state index contributed by atoms with van der Waals surface area (Å²) in [6.07, 6.45) is 0. The van der Waals surface area contributed by atoms with Gasteiger partial charge in [0.1, 0.15) is 0 Å². The number of hydrogen-bond donors (Lipinski definition) is 0. The molecule has 0 aromatic heterocycles. The van der Waals surface area contributed by atoms with E-state index in [9.17, 15) is 19.3 Å². The fraction of sp³-hybridized carbons (Fsp3) is 0.0667. The summed E-state index contributed by atoms with van der Waals surface area (Å²) in [5.41, 5.74) is 0.460. The first-order valence-corrected chi connectivity index (χ1v) is 6.83. The van der Waals surface area contributed by atoms with Crippen LogP contribution in [0.25, 0.3) is 0 Å². The van der Waals surface area contributed by atoms with Crippen LogP contribution in [0.4, 0.5) is 10.1 Å². The monoisotopic (exact) mass is 334 g/mol. The first-order chi connectivity index (χ1) is 11.0. The maximum absolute atomic E-state index is 13.7. The third-order valence-electron chi connectivity index (χ3n) is 3.15. The normalized spacial score (nSPS) is 15.7. The van der Waals surface area contributed by atoms with Gasteiger partial charge in [0.05, 0.1) is 10.6 Å². The van der Waals surface area contributed by atoms with Crippen LogP contribution in [0.3, 0.4) is 0 Å². The van der Waals surface area contributed by atoms with E-state index in [-0.39, 0.29) is 0 Å². The Kier molecular flexibility index (Phi) is 3.79. The van der Waals surface area contributed by atoms with E-state index < -0.39 is 34.2 Å². The van der Waals surface area contributed by atoms with E-state index in [1.807, 2.05) is 0 Å². The van der Waals surface area contributed by atoms with Crippen LogP contribution in [0.2, 0.25) is 5.02 Å². The van der Waals surface area contributed by atoms with E-state index in [2.05, 4.69) is 4.99 Å². The van der Waals surface area contributed by atoms with E-state index in [0.29, 0.717) is 16.3 Å². The summed E-state index contributed by atoms with van der Waals surface area (Å²) in [5.74, 6) is -2.58. The number of benzene rings is 2. The number of nitrogens with zero attached hydrogens (tertiary/aromatic N) is 2. The van der Waals surface area contributed by atoms with Gasteiger partial charge in [-0.25, -0.2) is 9.18 Å². The van der Waals surface area contributed by atoms with Crippen LogP contribution in [-0.2, 0) is 4.79 Å². The zero-order chi connectivity index (χ0) is 16.6. The molecule has 2 aromatic carbocycles. The molecule has 3 rings (SSSR count). The van der Waals surface area contributed by atoms with Gasteiger partial charge in [-0.1, -0.05) is 29.8 Å². The lowest BCUT2D eigenvalue weighted by Crippen LogP contribution is -2.20. The van der Waals surface area contributed by atoms with Crippen molar-refractivity contribution in [2.45, 2.75) is 6.04 Å². The molecule has 0 aliphatic carbocycles. The summed E-state index contributed by atoms with van der Waals surface area (Å²) in [5, 5.41) is 11.3. The summed E-state index contributed by atoms with van der Waals surface area (Å²) in [4.78, 5) is 26.0. The number of nitro benzene ring substituents is 1. The fourth-order valence-corrected chi connectivity index (χ4v) is 2.24. The molecule has 8 heteroatoms. The van der Waals surface area contributed by atoms with Gasteiger partial charge in [0.25, 0.3) is 0 Å². The highest BCUT2D eigenvalue weighted by Gasteiger charge is 2.39. The molecule has 23 heavy (non-hydrogen) atoms. The summed E-state index contributed by atoms with van der Waals surface area (Å²) in [6, 6.07) is 8.98. The number of nitro groups is 1. The Balaban J connectivity index is 1.77. The molecule has 1 heterocycles. The maximum Gasteiger partial charge on any atom is 0.342 e. The first-order valence-electron chi connectivity index (χ1n) is 6.45. The maximum atomic E-state index is 13.7. The Morgan fingerprint density at radius 1 is 1.30 bits per heavy atom. The molecule has 6 nitrogen and oxygen atoms in total. The quantitative estimate of drug-likeness (QED) is 0.372. The minimum atomic E-state index is -0.988. The summed E-state index contributed by atoms with van der Waals surface area (Å²) in [7, 11) is 0. The van der Waals surface area contributed by atoms with Gasteiger partial charge in [-0.05, 0) is 23.8 Å². The van der Waals surface area contributed by atoms with E-state index in [4.69, 9.17) is 16.3 Å². The molecule has 0 bridgehead atoms. The molecule has 0 fully saturated rings. The molecule has 1 aliphatic heterocycles. The Hall–Kier alpha value is -2.80. The van der Waals surface area contributed by atoms with Crippen LogP contribution in [0, 0.1) is 15.9 Å². The molecule has 0 saturated heterocycles. The molecule has 0 spiro atoms. The van der Waals surface area contributed by atoms with Gasteiger partial charge in [-0.15, -0.1) is 0 Å². The third kappa shape index (κ3) is 3.04. The van der Waals surface area contributed by atoms with Crippen molar-refractivity contribution < 1.29 is 18.8 Å². The lowest BCUT2D eigenvalue weighted by Gasteiger charge is -2.05. The SMILES string of the molecule is O=C(Oc1c(F)cccc1[N+](=O)[O-])[C@H]1N=C1c1cccc(Cl)c1. The van der Waals surface area contributed by atoms with Crippen LogP contribution in [0.5, 0.6) is 5.75 Å².